The van der Waals surface area contributed by atoms with Crippen molar-refractivity contribution >= 4 is 10.0 Å². The van der Waals surface area contributed by atoms with Crippen molar-refractivity contribution in [1.29, 1.82) is 0 Å². The first-order valence-electron chi connectivity index (χ1n) is 8.75. The Labute approximate surface area is 141 Å². The van der Waals surface area contributed by atoms with Crippen LogP contribution in [0.2, 0.25) is 0 Å². The van der Waals surface area contributed by atoms with Crippen molar-refractivity contribution in [2.75, 3.05) is 0 Å². The van der Waals surface area contributed by atoms with Crippen molar-refractivity contribution in [2.24, 2.45) is 23.2 Å². The fourth-order valence-corrected chi connectivity index (χ4v) is 7.23. The highest BCUT2D eigenvalue weighted by atomic mass is 32.2. The molecule has 0 saturated heterocycles. The number of benzene rings is 1. The van der Waals surface area contributed by atoms with Crippen molar-refractivity contribution in [3.8, 4) is 0 Å². The molecule has 5 rings (SSSR count). The number of halogens is 2. The van der Waals surface area contributed by atoms with E-state index in [-0.39, 0.29) is 11.5 Å². The van der Waals surface area contributed by atoms with Crippen LogP contribution in [0.5, 0.6) is 0 Å². The minimum Gasteiger partial charge on any atom is -0.208 e. The maximum Gasteiger partial charge on any atom is 0.243 e. The van der Waals surface area contributed by atoms with Gasteiger partial charge in [0.1, 0.15) is 16.5 Å². The van der Waals surface area contributed by atoms with Crippen LogP contribution in [0.15, 0.2) is 23.1 Å². The Kier molecular flexibility index (Phi) is 3.77. The molecule has 0 heterocycles. The van der Waals surface area contributed by atoms with E-state index in [0.29, 0.717) is 23.8 Å². The predicted molar refractivity (Wildman–Crippen MR) is 86.7 cm³/mol. The van der Waals surface area contributed by atoms with Gasteiger partial charge in [0.15, 0.2) is 0 Å². The van der Waals surface area contributed by atoms with Crippen molar-refractivity contribution in [2.45, 2.75) is 56.4 Å². The summed E-state index contributed by atoms with van der Waals surface area (Å²) in [5.41, 5.74) is -0.00166. The fraction of sp³-hybridized carbons (Fsp3) is 0.667. The lowest BCUT2D eigenvalue weighted by molar-refractivity contribution is -0.0666. The molecule has 0 aliphatic heterocycles. The minimum atomic E-state index is -3.99. The monoisotopic (exact) mass is 355 g/mol. The SMILES string of the molecule is CC(NS(=O)(=O)c1ccc(F)cc1F)C12CC3CC(CC(C3)C1)C2. The highest BCUT2D eigenvalue weighted by Crippen LogP contribution is 2.61. The number of sulfonamides is 1. The maximum atomic E-state index is 13.9. The largest absolute Gasteiger partial charge is 0.243 e. The molecule has 1 unspecified atom stereocenters. The summed E-state index contributed by atoms with van der Waals surface area (Å²) in [6.07, 6.45) is 7.04. The van der Waals surface area contributed by atoms with E-state index >= 15 is 0 Å². The van der Waals surface area contributed by atoms with Gasteiger partial charge in [-0.25, -0.2) is 21.9 Å². The summed E-state index contributed by atoms with van der Waals surface area (Å²) in [5.74, 6) is 0.322. The van der Waals surface area contributed by atoms with E-state index in [1.54, 1.807) is 0 Å². The van der Waals surface area contributed by atoms with E-state index < -0.39 is 26.6 Å². The molecular formula is C18H23F2NO2S. The van der Waals surface area contributed by atoms with Crippen LogP contribution in [0.1, 0.15) is 45.4 Å². The van der Waals surface area contributed by atoms with Crippen molar-refractivity contribution in [1.82, 2.24) is 4.72 Å². The first kappa shape index (κ1) is 16.5. The van der Waals surface area contributed by atoms with Gasteiger partial charge in [-0.1, -0.05) is 0 Å². The van der Waals surface area contributed by atoms with Gasteiger partial charge in [-0.05, 0) is 80.8 Å². The third-order valence-corrected chi connectivity index (χ3v) is 8.09. The summed E-state index contributed by atoms with van der Waals surface area (Å²) in [5, 5.41) is 0. The van der Waals surface area contributed by atoms with Gasteiger partial charge in [0, 0.05) is 12.1 Å². The van der Waals surface area contributed by atoms with Crippen molar-refractivity contribution < 1.29 is 17.2 Å². The maximum absolute atomic E-state index is 13.9. The van der Waals surface area contributed by atoms with Gasteiger partial charge in [-0.3, -0.25) is 0 Å². The van der Waals surface area contributed by atoms with Crippen molar-refractivity contribution in [3.63, 3.8) is 0 Å². The van der Waals surface area contributed by atoms with Gasteiger partial charge < -0.3 is 0 Å². The Balaban J connectivity index is 1.58. The summed E-state index contributed by atoms with van der Waals surface area (Å²) in [7, 11) is -3.99. The lowest BCUT2D eigenvalue weighted by Gasteiger charge is -2.59. The molecule has 1 aromatic carbocycles. The molecule has 0 radical (unpaired) electrons. The smallest absolute Gasteiger partial charge is 0.208 e. The fourth-order valence-electron chi connectivity index (χ4n) is 5.82. The molecule has 4 aliphatic rings. The third-order valence-electron chi connectivity index (χ3n) is 6.52. The Morgan fingerprint density at radius 3 is 2.12 bits per heavy atom. The van der Waals surface area contributed by atoms with Gasteiger partial charge >= 0.3 is 0 Å². The molecule has 1 N–H and O–H groups in total. The van der Waals surface area contributed by atoms with Crippen LogP contribution < -0.4 is 4.72 Å². The minimum absolute atomic E-state index is 0.00166. The summed E-state index contributed by atoms with van der Waals surface area (Å²) in [4.78, 5) is -0.472. The zero-order valence-corrected chi connectivity index (χ0v) is 14.6. The average molecular weight is 355 g/mol. The number of hydrogen-bond acceptors (Lipinski definition) is 2. The highest BCUT2D eigenvalue weighted by Gasteiger charge is 2.53. The van der Waals surface area contributed by atoms with E-state index in [2.05, 4.69) is 4.72 Å². The lowest BCUT2D eigenvalue weighted by Crippen LogP contribution is -2.55. The number of rotatable bonds is 4. The van der Waals surface area contributed by atoms with Crippen LogP contribution in [-0.2, 0) is 10.0 Å². The number of hydrogen-bond donors (Lipinski definition) is 1. The zero-order chi connectivity index (χ0) is 17.1. The summed E-state index contributed by atoms with van der Waals surface area (Å²) < 4.78 is 54.8. The van der Waals surface area contributed by atoms with E-state index in [9.17, 15) is 17.2 Å². The molecule has 6 heteroatoms. The Hall–Kier alpha value is -1.01. The van der Waals surface area contributed by atoms with Crippen molar-refractivity contribution in [3.05, 3.63) is 29.8 Å². The molecule has 0 spiro atoms. The normalized spacial score (nSPS) is 36.0. The molecular weight excluding hydrogens is 332 g/mol. The van der Waals surface area contributed by atoms with Crippen LogP contribution in [0.4, 0.5) is 8.78 Å². The standard InChI is InChI=1S/C18H23F2NO2S/c1-11(18-8-12-4-13(9-18)6-14(5-12)10-18)21-24(22,23)17-3-2-15(19)7-16(17)20/h2-3,7,11-14,21H,4-6,8-10H2,1H3. The van der Waals surface area contributed by atoms with Crippen LogP contribution in [0.3, 0.4) is 0 Å². The molecule has 4 saturated carbocycles. The molecule has 0 aromatic heterocycles. The zero-order valence-electron chi connectivity index (χ0n) is 13.8. The molecule has 4 aliphatic carbocycles. The average Bonchev–Trinajstić information content (AvgIpc) is 2.44. The lowest BCUT2D eigenvalue weighted by atomic mass is 9.48. The quantitative estimate of drug-likeness (QED) is 0.892. The second kappa shape index (κ2) is 5.49. The van der Waals surface area contributed by atoms with Gasteiger partial charge in [0.2, 0.25) is 10.0 Å². The molecule has 132 valence electrons. The first-order valence-corrected chi connectivity index (χ1v) is 10.2. The molecule has 4 bridgehead atoms. The van der Waals surface area contributed by atoms with Gasteiger partial charge in [-0.15, -0.1) is 0 Å². The van der Waals surface area contributed by atoms with E-state index in [4.69, 9.17) is 0 Å². The van der Waals surface area contributed by atoms with Gasteiger partial charge in [0.25, 0.3) is 0 Å². The van der Waals surface area contributed by atoms with Crippen LogP contribution in [-0.4, -0.2) is 14.5 Å². The van der Waals surface area contributed by atoms with Crippen LogP contribution >= 0.6 is 0 Å². The Morgan fingerprint density at radius 1 is 1.08 bits per heavy atom. The molecule has 3 nitrogen and oxygen atoms in total. The topological polar surface area (TPSA) is 46.2 Å². The van der Waals surface area contributed by atoms with Crippen LogP contribution in [0.25, 0.3) is 0 Å². The first-order chi connectivity index (χ1) is 11.3. The second-order valence-corrected chi connectivity index (χ2v) is 9.88. The predicted octanol–water partition coefficient (Wildman–Crippen LogP) is 3.85. The number of nitrogens with one attached hydrogen (secondary N) is 1. The second-order valence-electron chi connectivity index (χ2n) is 8.20. The molecule has 1 aromatic rings. The highest BCUT2D eigenvalue weighted by molar-refractivity contribution is 7.89. The summed E-state index contributed by atoms with van der Waals surface area (Å²) >= 11 is 0. The summed E-state index contributed by atoms with van der Waals surface area (Å²) in [6, 6.07) is 2.36. The third kappa shape index (κ3) is 2.68. The van der Waals surface area contributed by atoms with E-state index in [0.717, 1.165) is 31.4 Å². The molecule has 0 amide bonds. The Morgan fingerprint density at radius 2 is 1.62 bits per heavy atom. The molecule has 24 heavy (non-hydrogen) atoms. The summed E-state index contributed by atoms with van der Waals surface area (Å²) in [6.45, 7) is 1.91. The van der Waals surface area contributed by atoms with Crippen LogP contribution in [0, 0.1) is 34.8 Å². The van der Waals surface area contributed by atoms with Gasteiger partial charge in [0.05, 0.1) is 0 Å². The molecule has 1 atom stereocenters. The van der Waals surface area contributed by atoms with E-state index in [1.165, 1.54) is 19.3 Å². The van der Waals surface area contributed by atoms with E-state index in [1.807, 2.05) is 6.92 Å². The van der Waals surface area contributed by atoms with Gasteiger partial charge in [-0.2, -0.15) is 0 Å². The Bertz CT molecular complexity index is 727. The molecule has 4 fully saturated rings.